The van der Waals surface area contributed by atoms with E-state index in [4.69, 9.17) is 4.74 Å². The monoisotopic (exact) mass is 366 g/mol. The van der Waals surface area contributed by atoms with E-state index in [0.717, 1.165) is 24.3 Å². The average molecular weight is 366 g/mol. The van der Waals surface area contributed by atoms with Gasteiger partial charge in [-0.2, -0.15) is 5.10 Å². The third-order valence-corrected chi connectivity index (χ3v) is 5.00. The first kappa shape index (κ1) is 17.3. The molecule has 27 heavy (non-hydrogen) atoms. The molecule has 0 spiro atoms. The summed E-state index contributed by atoms with van der Waals surface area (Å²) in [7, 11) is 3.48. The second-order valence-electron chi connectivity index (χ2n) is 6.80. The molecule has 1 aromatic carbocycles. The second-order valence-corrected chi connectivity index (χ2v) is 6.80. The first-order valence-electron chi connectivity index (χ1n) is 8.87. The maximum absolute atomic E-state index is 11.6. The molecule has 140 valence electrons. The molecule has 0 radical (unpaired) electrons. The van der Waals surface area contributed by atoms with Crippen LogP contribution in [0.5, 0.6) is 0 Å². The highest BCUT2D eigenvalue weighted by molar-refractivity contribution is 5.87. The summed E-state index contributed by atoms with van der Waals surface area (Å²) in [6.07, 6.45) is 3.25. The molecule has 1 aliphatic heterocycles. The molecule has 4 rings (SSSR count). The van der Waals surface area contributed by atoms with Crippen molar-refractivity contribution in [2.75, 3.05) is 30.5 Å². The maximum Gasteiger partial charge on any atom is 0.327 e. The summed E-state index contributed by atoms with van der Waals surface area (Å²) in [5, 5.41) is 5.15. The Morgan fingerprint density at radius 3 is 2.93 bits per heavy atom. The topological polar surface area (TPSA) is 76.4 Å². The van der Waals surface area contributed by atoms with Crippen LogP contribution in [0.1, 0.15) is 12.5 Å². The fourth-order valence-electron chi connectivity index (χ4n) is 3.65. The number of anilines is 2. The van der Waals surface area contributed by atoms with Crippen molar-refractivity contribution >= 4 is 28.5 Å². The zero-order chi connectivity index (χ0) is 19.0. The second kappa shape index (κ2) is 6.86. The highest BCUT2D eigenvalue weighted by Gasteiger charge is 2.26. The number of ether oxygens (including phenoxy) is 1. The third kappa shape index (κ3) is 3.07. The van der Waals surface area contributed by atoms with E-state index in [2.05, 4.69) is 63.1 Å². The van der Waals surface area contributed by atoms with Crippen molar-refractivity contribution in [1.82, 2.24) is 19.7 Å². The fourth-order valence-corrected chi connectivity index (χ4v) is 3.65. The van der Waals surface area contributed by atoms with E-state index in [0.29, 0.717) is 5.65 Å². The van der Waals surface area contributed by atoms with Gasteiger partial charge in [0.2, 0.25) is 0 Å². The standard InChI is InChI=1S/C19H22N6O2/c1-13-9-23(2)16-7-5-4-6-14(16)10-24(13)18-15-8-22-25(11-17(26)27-3)19(15)21-12-20-18/h4-8,12-13H,9-11H2,1-3H3. The zero-order valence-electron chi connectivity index (χ0n) is 15.7. The van der Waals surface area contributed by atoms with Crippen LogP contribution in [0.2, 0.25) is 0 Å². The van der Waals surface area contributed by atoms with Crippen LogP contribution < -0.4 is 9.80 Å². The van der Waals surface area contributed by atoms with Crippen molar-refractivity contribution < 1.29 is 9.53 Å². The van der Waals surface area contributed by atoms with Crippen LogP contribution in [-0.4, -0.2) is 52.5 Å². The van der Waals surface area contributed by atoms with Gasteiger partial charge < -0.3 is 14.5 Å². The molecule has 1 aliphatic rings. The van der Waals surface area contributed by atoms with E-state index >= 15 is 0 Å². The average Bonchev–Trinajstić information content (AvgIpc) is 3.03. The van der Waals surface area contributed by atoms with Gasteiger partial charge in [0.05, 0.1) is 18.7 Å². The van der Waals surface area contributed by atoms with E-state index in [1.165, 1.54) is 24.7 Å². The lowest BCUT2D eigenvalue weighted by molar-refractivity contribution is -0.141. The Balaban J connectivity index is 1.76. The predicted octanol–water partition coefficient (Wildman–Crippen LogP) is 1.84. The number of hydrogen-bond acceptors (Lipinski definition) is 7. The highest BCUT2D eigenvalue weighted by Crippen LogP contribution is 2.31. The van der Waals surface area contributed by atoms with Gasteiger partial charge in [0, 0.05) is 31.9 Å². The summed E-state index contributed by atoms with van der Waals surface area (Å²) in [6, 6.07) is 8.66. The minimum atomic E-state index is -0.362. The number of nitrogens with zero attached hydrogens (tertiary/aromatic N) is 6. The summed E-state index contributed by atoms with van der Waals surface area (Å²) in [5.74, 6) is 0.465. The van der Waals surface area contributed by atoms with Crippen molar-refractivity contribution in [3.8, 4) is 0 Å². The van der Waals surface area contributed by atoms with Crippen molar-refractivity contribution in [1.29, 1.82) is 0 Å². The van der Waals surface area contributed by atoms with E-state index in [-0.39, 0.29) is 18.6 Å². The summed E-state index contributed by atoms with van der Waals surface area (Å²) in [6.45, 7) is 3.83. The Morgan fingerprint density at radius 1 is 1.30 bits per heavy atom. The van der Waals surface area contributed by atoms with E-state index in [1.54, 1.807) is 10.9 Å². The number of esters is 1. The third-order valence-electron chi connectivity index (χ3n) is 5.00. The number of fused-ring (bicyclic) bond motifs is 2. The largest absolute Gasteiger partial charge is 0.468 e. The molecular weight excluding hydrogens is 344 g/mol. The van der Waals surface area contributed by atoms with Crippen LogP contribution in [0.15, 0.2) is 36.8 Å². The van der Waals surface area contributed by atoms with Gasteiger partial charge in [0.1, 0.15) is 18.7 Å². The van der Waals surface area contributed by atoms with E-state index in [1.807, 2.05) is 0 Å². The molecule has 8 heteroatoms. The van der Waals surface area contributed by atoms with Crippen LogP contribution in [0.3, 0.4) is 0 Å². The maximum atomic E-state index is 11.6. The summed E-state index contributed by atoms with van der Waals surface area (Å²) in [4.78, 5) is 25.1. The molecule has 1 atom stereocenters. The van der Waals surface area contributed by atoms with Gasteiger partial charge in [0.25, 0.3) is 0 Å². The van der Waals surface area contributed by atoms with Crippen molar-refractivity contribution in [3.63, 3.8) is 0 Å². The van der Waals surface area contributed by atoms with Crippen molar-refractivity contribution in [2.24, 2.45) is 0 Å². The summed E-state index contributed by atoms with van der Waals surface area (Å²) in [5.41, 5.74) is 3.11. The Morgan fingerprint density at radius 2 is 2.11 bits per heavy atom. The van der Waals surface area contributed by atoms with Gasteiger partial charge in [-0.3, -0.25) is 4.79 Å². The number of carbonyl (C=O) groups is 1. The SMILES string of the molecule is COC(=O)Cn1ncc2c(N3Cc4ccccc4N(C)CC3C)ncnc21. The molecule has 0 fully saturated rings. The number of carbonyl (C=O) groups excluding carboxylic acids is 1. The molecule has 3 aromatic rings. The Kier molecular flexibility index (Phi) is 4.39. The Labute approximate surface area is 157 Å². The van der Waals surface area contributed by atoms with E-state index in [9.17, 15) is 4.79 Å². The minimum absolute atomic E-state index is 0.0254. The lowest BCUT2D eigenvalue weighted by atomic mass is 10.1. The van der Waals surface area contributed by atoms with Gasteiger partial charge >= 0.3 is 5.97 Å². The molecule has 1 unspecified atom stereocenters. The van der Waals surface area contributed by atoms with Crippen LogP contribution in [0.25, 0.3) is 11.0 Å². The molecule has 8 nitrogen and oxygen atoms in total. The highest BCUT2D eigenvalue weighted by atomic mass is 16.5. The van der Waals surface area contributed by atoms with Gasteiger partial charge in [-0.15, -0.1) is 0 Å². The van der Waals surface area contributed by atoms with Gasteiger partial charge in [0.15, 0.2) is 5.65 Å². The number of para-hydroxylation sites is 1. The molecule has 0 aliphatic carbocycles. The first-order chi connectivity index (χ1) is 13.1. The van der Waals surface area contributed by atoms with E-state index < -0.39 is 0 Å². The van der Waals surface area contributed by atoms with Gasteiger partial charge in [-0.05, 0) is 18.6 Å². The van der Waals surface area contributed by atoms with Crippen molar-refractivity contribution in [3.05, 3.63) is 42.4 Å². The number of likely N-dealkylation sites (N-methyl/N-ethyl adjacent to an activating group) is 1. The smallest absolute Gasteiger partial charge is 0.327 e. The van der Waals surface area contributed by atoms with Crippen LogP contribution in [0, 0.1) is 0 Å². The lowest BCUT2D eigenvalue weighted by Gasteiger charge is -2.29. The number of hydrogen-bond donors (Lipinski definition) is 0. The lowest BCUT2D eigenvalue weighted by Crippen LogP contribution is -2.38. The molecule has 0 saturated carbocycles. The summed E-state index contributed by atoms with van der Waals surface area (Å²) >= 11 is 0. The molecule has 0 bridgehead atoms. The minimum Gasteiger partial charge on any atom is -0.468 e. The Hall–Kier alpha value is -3.16. The van der Waals surface area contributed by atoms with Crippen LogP contribution in [-0.2, 0) is 22.6 Å². The van der Waals surface area contributed by atoms with Gasteiger partial charge in [-0.25, -0.2) is 14.6 Å². The van der Waals surface area contributed by atoms with Crippen LogP contribution in [0.4, 0.5) is 11.5 Å². The first-order valence-corrected chi connectivity index (χ1v) is 8.87. The Bertz CT molecular complexity index is 985. The zero-order valence-corrected chi connectivity index (χ0v) is 15.7. The number of methoxy groups -OCH3 is 1. The summed E-state index contributed by atoms with van der Waals surface area (Å²) < 4.78 is 6.29. The number of aromatic nitrogens is 4. The normalized spacial score (nSPS) is 16.9. The van der Waals surface area contributed by atoms with Crippen molar-refractivity contribution in [2.45, 2.75) is 26.1 Å². The van der Waals surface area contributed by atoms with Crippen LogP contribution >= 0.6 is 0 Å². The number of rotatable bonds is 3. The van der Waals surface area contributed by atoms with Gasteiger partial charge in [-0.1, -0.05) is 18.2 Å². The molecular formula is C19H22N6O2. The number of benzene rings is 1. The molecule has 0 amide bonds. The molecule has 3 heterocycles. The molecule has 0 N–H and O–H groups in total. The fraction of sp³-hybridized carbons (Fsp3) is 0.368. The quantitative estimate of drug-likeness (QED) is 0.655. The predicted molar refractivity (Wildman–Crippen MR) is 103 cm³/mol. The molecule has 0 saturated heterocycles. The molecule has 2 aromatic heterocycles.